The Morgan fingerprint density at radius 1 is 0.889 bits per heavy atom. The zero-order chi connectivity index (χ0) is 18.9. The monoisotopic (exact) mass is 376 g/mol. The van der Waals surface area contributed by atoms with E-state index >= 15 is 0 Å². The molecule has 27 heavy (non-hydrogen) atoms. The van der Waals surface area contributed by atoms with E-state index < -0.39 is 0 Å². The van der Waals surface area contributed by atoms with Crippen LogP contribution < -0.4 is 0 Å². The molecule has 0 spiro atoms. The standard InChI is InChI=1S/C26H29Cl/c1-2-3-4-21-5-7-22(8-6-21)9-10-23-11-15-25(16-12-23)26-17-13-24(14-18-26)19-20-27/h5-8,11-12,15-16,19-20,24,26H,2-4,13-14,17-18H2,1H3/b20-19+. The van der Waals surface area contributed by atoms with E-state index in [0.717, 1.165) is 17.5 Å². The smallest absolute Gasteiger partial charge is 0.0249 e. The number of hydrogen-bond acceptors (Lipinski definition) is 0. The Morgan fingerprint density at radius 3 is 2.04 bits per heavy atom. The fraction of sp³-hybridized carbons (Fsp3) is 0.385. The molecule has 0 heterocycles. The fourth-order valence-corrected chi connectivity index (χ4v) is 4.07. The summed E-state index contributed by atoms with van der Waals surface area (Å²) in [7, 11) is 0. The molecule has 1 aliphatic rings. The van der Waals surface area contributed by atoms with Crippen LogP contribution in [0.25, 0.3) is 0 Å². The molecule has 0 N–H and O–H groups in total. The van der Waals surface area contributed by atoms with Gasteiger partial charge in [0.25, 0.3) is 0 Å². The van der Waals surface area contributed by atoms with Gasteiger partial charge in [-0.15, -0.1) is 0 Å². The lowest BCUT2D eigenvalue weighted by Gasteiger charge is -2.27. The molecule has 2 aromatic rings. The average molecular weight is 377 g/mol. The number of allylic oxidation sites excluding steroid dienone is 1. The van der Waals surface area contributed by atoms with Gasteiger partial charge in [-0.1, -0.05) is 67.1 Å². The minimum absolute atomic E-state index is 0.664. The molecule has 0 atom stereocenters. The highest BCUT2D eigenvalue weighted by atomic mass is 35.5. The van der Waals surface area contributed by atoms with Gasteiger partial charge in [0.15, 0.2) is 0 Å². The summed E-state index contributed by atoms with van der Waals surface area (Å²) in [4.78, 5) is 0. The third-order valence-corrected chi connectivity index (χ3v) is 5.77. The molecular weight excluding hydrogens is 348 g/mol. The lowest BCUT2D eigenvalue weighted by Crippen LogP contribution is -2.11. The van der Waals surface area contributed by atoms with Gasteiger partial charge in [0.1, 0.15) is 0 Å². The van der Waals surface area contributed by atoms with Crippen molar-refractivity contribution >= 4 is 11.6 Å². The van der Waals surface area contributed by atoms with Gasteiger partial charge >= 0.3 is 0 Å². The van der Waals surface area contributed by atoms with Crippen LogP contribution in [0.15, 0.2) is 60.1 Å². The summed E-state index contributed by atoms with van der Waals surface area (Å²) in [6, 6.07) is 17.6. The number of rotatable bonds is 5. The first-order valence-corrected chi connectivity index (χ1v) is 10.7. The third kappa shape index (κ3) is 6.02. The number of hydrogen-bond donors (Lipinski definition) is 0. The highest BCUT2D eigenvalue weighted by molar-refractivity contribution is 6.25. The van der Waals surface area contributed by atoms with Crippen molar-refractivity contribution in [2.75, 3.05) is 0 Å². The minimum Gasteiger partial charge on any atom is -0.0933 e. The normalized spacial score (nSPS) is 19.6. The Hall–Kier alpha value is -1.97. The third-order valence-electron chi connectivity index (χ3n) is 5.62. The van der Waals surface area contributed by atoms with Crippen LogP contribution in [-0.2, 0) is 6.42 Å². The molecule has 1 fully saturated rings. The van der Waals surface area contributed by atoms with Crippen LogP contribution >= 0.6 is 11.6 Å². The van der Waals surface area contributed by atoms with Crippen LogP contribution in [0.1, 0.15) is 73.6 Å². The fourth-order valence-electron chi connectivity index (χ4n) is 3.87. The second kappa shape index (κ2) is 10.4. The van der Waals surface area contributed by atoms with Gasteiger partial charge in [0, 0.05) is 16.7 Å². The molecule has 0 unspecified atom stereocenters. The maximum Gasteiger partial charge on any atom is 0.0249 e. The zero-order valence-electron chi connectivity index (χ0n) is 16.3. The van der Waals surface area contributed by atoms with E-state index in [0.29, 0.717) is 11.8 Å². The maximum atomic E-state index is 5.71. The molecule has 0 aromatic heterocycles. The largest absolute Gasteiger partial charge is 0.0933 e. The van der Waals surface area contributed by atoms with Crippen molar-refractivity contribution in [3.63, 3.8) is 0 Å². The Balaban J connectivity index is 1.58. The summed E-state index contributed by atoms with van der Waals surface area (Å²) in [6.45, 7) is 2.23. The van der Waals surface area contributed by atoms with E-state index in [1.807, 2.05) is 0 Å². The summed E-state index contributed by atoms with van der Waals surface area (Å²) in [5.41, 5.74) is 6.71. The Labute approximate surface area is 169 Å². The van der Waals surface area contributed by atoms with Gasteiger partial charge in [-0.25, -0.2) is 0 Å². The van der Waals surface area contributed by atoms with Crippen LogP contribution in [-0.4, -0.2) is 0 Å². The quantitative estimate of drug-likeness (QED) is 0.475. The van der Waals surface area contributed by atoms with Crippen LogP contribution in [0.3, 0.4) is 0 Å². The summed E-state index contributed by atoms with van der Waals surface area (Å²) in [5.74, 6) is 7.94. The minimum atomic E-state index is 0.664. The Morgan fingerprint density at radius 2 is 1.48 bits per heavy atom. The lowest BCUT2D eigenvalue weighted by molar-refractivity contribution is 0.376. The number of unbranched alkanes of at least 4 members (excludes halogenated alkanes) is 1. The topological polar surface area (TPSA) is 0 Å². The first kappa shape index (κ1) is 19.8. The highest BCUT2D eigenvalue weighted by Crippen LogP contribution is 2.36. The van der Waals surface area contributed by atoms with Gasteiger partial charge in [0.2, 0.25) is 0 Å². The maximum absolute atomic E-state index is 5.71. The molecule has 0 nitrogen and oxygen atoms in total. The van der Waals surface area contributed by atoms with Crippen molar-refractivity contribution in [3.8, 4) is 11.8 Å². The second-order valence-corrected chi connectivity index (χ2v) is 7.85. The van der Waals surface area contributed by atoms with Crippen molar-refractivity contribution < 1.29 is 0 Å². The summed E-state index contributed by atoms with van der Waals surface area (Å²) >= 11 is 5.71. The van der Waals surface area contributed by atoms with Crippen molar-refractivity contribution in [2.24, 2.45) is 5.92 Å². The van der Waals surface area contributed by atoms with E-state index in [9.17, 15) is 0 Å². The first-order chi connectivity index (χ1) is 13.3. The molecule has 0 bridgehead atoms. The van der Waals surface area contributed by atoms with Crippen LogP contribution in [0.4, 0.5) is 0 Å². The Kier molecular flexibility index (Phi) is 7.61. The molecular formula is C26H29Cl. The van der Waals surface area contributed by atoms with Crippen LogP contribution in [0.2, 0.25) is 0 Å². The molecule has 3 rings (SSSR count). The molecule has 1 saturated carbocycles. The summed E-state index contributed by atoms with van der Waals surface area (Å²) < 4.78 is 0. The van der Waals surface area contributed by atoms with E-state index in [1.165, 1.54) is 49.7 Å². The van der Waals surface area contributed by atoms with Crippen molar-refractivity contribution in [1.29, 1.82) is 0 Å². The average Bonchev–Trinajstić information content (AvgIpc) is 2.73. The molecule has 0 radical (unpaired) electrons. The molecule has 2 aromatic carbocycles. The van der Waals surface area contributed by atoms with Gasteiger partial charge in [-0.3, -0.25) is 0 Å². The number of benzene rings is 2. The predicted octanol–water partition coefficient (Wildman–Crippen LogP) is 7.46. The van der Waals surface area contributed by atoms with Gasteiger partial charge < -0.3 is 0 Å². The van der Waals surface area contributed by atoms with E-state index in [4.69, 9.17) is 11.6 Å². The predicted molar refractivity (Wildman–Crippen MR) is 117 cm³/mol. The molecule has 1 aliphatic carbocycles. The zero-order valence-corrected chi connectivity index (χ0v) is 17.0. The van der Waals surface area contributed by atoms with Gasteiger partial charge in [-0.05, 0) is 85.8 Å². The van der Waals surface area contributed by atoms with Crippen molar-refractivity contribution in [3.05, 3.63) is 82.4 Å². The summed E-state index contributed by atoms with van der Waals surface area (Å²) in [6.07, 6.45) is 10.8. The van der Waals surface area contributed by atoms with Gasteiger partial charge in [0.05, 0.1) is 0 Å². The SMILES string of the molecule is CCCCc1ccc(C#Cc2ccc(C3CCC(/C=C/Cl)CC3)cc2)cc1. The van der Waals surface area contributed by atoms with Crippen LogP contribution in [0.5, 0.6) is 0 Å². The van der Waals surface area contributed by atoms with Crippen molar-refractivity contribution in [2.45, 2.75) is 57.8 Å². The lowest BCUT2D eigenvalue weighted by atomic mass is 9.79. The Bertz CT molecular complexity index is 779. The second-order valence-electron chi connectivity index (χ2n) is 7.60. The summed E-state index contributed by atoms with van der Waals surface area (Å²) in [5, 5.41) is 0. The van der Waals surface area contributed by atoms with Crippen LogP contribution in [0, 0.1) is 17.8 Å². The van der Waals surface area contributed by atoms with Crippen molar-refractivity contribution in [1.82, 2.24) is 0 Å². The molecule has 140 valence electrons. The van der Waals surface area contributed by atoms with E-state index in [2.05, 4.69) is 73.4 Å². The first-order valence-electron chi connectivity index (χ1n) is 10.3. The van der Waals surface area contributed by atoms with Gasteiger partial charge in [-0.2, -0.15) is 0 Å². The van der Waals surface area contributed by atoms with E-state index in [-0.39, 0.29) is 0 Å². The highest BCUT2D eigenvalue weighted by Gasteiger charge is 2.20. The number of aryl methyl sites for hydroxylation is 1. The molecule has 0 amide bonds. The molecule has 0 saturated heterocycles. The molecule has 1 heteroatoms. The van der Waals surface area contributed by atoms with E-state index in [1.54, 1.807) is 5.54 Å². The number of halogens is 1. The molecule has 0 aliphatic heterocycles.